The number of nitrogens with zero attached hydrogens (tertiary/aromatic N) is 1. The lowest BCUT2D eigenvalue weighted by atomic mass is 10.0. The van der Waals surface area contributed by atoms with E-state index in [2.05, 4.69) is 70.9 Å². The number of anilines is 1. The second-order valence-corrected chi connectivity index (χ2v) is 6.64. The Bertz CT molecular complexity index is 598. The number of para-hydroxylation sites is 1. The van der Waals surface area contributed by atoms with E-state index in [-0.39, 0.29) is 24.8 Å². The zero-order valence-corrected chi connectivity index (χ0v) is 15.4. The van der Waals surface area contributed by atoms with Crippen LogP contribution >= 0.6 is 24.8 Å². The van der Waals surface area contributed by atoms with E-state index in [1.807, 2.05) is 0 Å². The van der Waals surface area contributed by atoms with Crippen LogP contribution in [0.2, 0.25) is 0 Å². The van der Waals surface area contributed by atoms with Crippen LogP contribution in [-0.2, 0) is 0 Å². The van der Waals surface area contributed by atoms with Crippen molar-refractivity contribution in [1.82, 2.24) is 4.90 Å². The lowest BCUT2D eigenvalue weighted by molar-refractivity contribution is 0.206. The van der Waals surface area contributed by atoms with Crippen LogP contribution in [0.1, 0.15) is 30.7 Å². The molecule has 130 valence electrons. The molecule has 2 aliphatic rings. The zero-order valence-electron chi connectivity index (χ0n) is 13.8. The summed E-state index contributed by atoms with van der Waals surface area (Å²) in [5, 5.41) is 3.68. The SMILES string of the molecule is Cl.Cl.c1ccc(NC2CCN(C3CC3c3ccccc3)CC2)cc1. The molecule has 0 bridgehead atoms. The van der Waals surface area contributed by atoms with Crippen LogP contribution < -0.4 is 5.32 Å². The normalized spacial score (nSPS) is 23.7. The highest BCUT2D eigenvalue weighted by atomic mass is 35.5. The van der Waals surface area contributed by atoms with E-state index in [1.165, 1.54) is 43.6 Å². The molecule has 2 atom stereocenters. The van der Waals surface area contributed by atoms with Gasteiger partial charge in [0.05, 0.1) is 0 Å². The molecule has 2 fully saturated rings. The molecule has 0 radical (unpaired) electrons. The zero-order chi connectivity index (χ0) is 14.8. The Labute approximate surface area is 157 Å². The summed E-state index contributed by atoms with van der Waals surface area (Å²) >= 11 is 0. The summed E-state index contributed by atoms with van der Waals surface area (Å²) in [5.74, 6) is 0.778. The quantitative estimate of drug-likeness (QED) is 0.824. The summed E-state index contributed by atoms with van der Waals surface area (Å²) in [6.07, 6.45) is 3.86. The number of nitrogens with one attached hydrogen (secondary N) is 1. The molecule has 2 nitrogen and oxygen atoms in total. The molecule has 1 aliphatic heterocycles. The maximum atomic E-state index is 3.68. The molecule has 4 heteroatoms. The van der Waals surface area contributed by atoms with Gasteiger partial charge in [-0.2, -0.15) is 0 Å². The fourth-order valence-electron chi connectivity index (χ4n) is 3.79. The third-order valence-electron chi connectivity index (χ3n) is 5.13. The van der Waals surface area contributed by atoms with Crippen LogP contribution in [0.5, 0.6) is 0 Å². The molecule has 2 aromatic rings. The molecule has 1 heterocycles. The first-order valence-electron chi connectivity index (χ1n) is 8.51. The molecule has 0 aromatic heterocycles. The monoisotopic (exact) mass is 364 g/mol. The minimum atomic E-state index is 0. The molecule has 1 aliphatic carbocycles. The van der Waals surface area contributed by atoms with Crippen molar-refractivity contribution in [1.29, 1.82) is 0 Å². The Morgan fingerprint density at radius 3 is 2.00 bits per heavy atom. The first-order chi connectivity index (χ1) is 10.9. The van der Waals surface area contributed by atoms with Crippen LogP contribution in [0, 0.1) is 0 Å². The van der Waals surface area contributed by atoms with Gasteiger partial charge in [0, 0.05) is 36.8 Å². The van der Waals surface area contributed by atoms with Gasteiger partial charge in [-0.25, -0.2) is 0 Å². The summed E-state index contributed by atoms with van der Waals surface area (Å²) in [6, 6.07) is 23.1. The summed E-state index contributed by atoms with van der Waals surface area (Å²) in [4.78, 5) is 2.71. The third-order valence-corrected chi connectivity index (χ3v) is 5.13. The van der Waals surface area contributed by atoms with E-state index < -0.39 is 0 Å². The molecule has 1 N–H and O–H groups in total. The van der Waals surface area contributed by atoms with Crippen LogP contribution in [0.4, 0.5) is 5.69 Å². The maximum absolute atomic E-state index is 3.68. The fraction of sp³-hybridized carbons (Fsp3) is 0.400. The van der Waals surface area contributed by atoms with Gasteiger partial charge < -0.3 is 5.32 Å². The topological polar surface area (TPSA) is 15.3 Å². The van der Waals surface area contributed by atoms with Gasteiger partial charge in [-0.3, -0.25) is 4.90 Å². The Kier molecular flexibility index (Phi) is 6.97. The molecular weight excluding hydrogens is 339 g/mol. The van der Waals surface area contributed by atoms with Crippen LogP contribution in [0.25, 0.3) is 0 Å². The van der Waals surface area contributed by atoms with Crippen molar-refractivity contribution in [2.45, 2.75) is 37.3 Å². The van der Waals surface area contributed by atoms with Crippen molar-refractivity contribution in [3.05, 3.63) is 66.2 Å². The smallest absolute Gasteiger partial charge is 0.0342 e. The van der Waals surface area contributed by atoms with E-state index >= 15 is 0 Å². The molecule has 2 aromatic carbocycles. The van der Waals surface area contributed by atoms with E-state index in [9.17, 15) is 0 Å². The van der Waals surface area contributed by atoms with Crippen LogP contribution in [0.3, 0.4) is 0 Å². The fourth-order valence-corrected chi connectivity index (χ4v) is 3.79. The summed E-state index contributed by atoms with van der Waals surface area (Å²) in [6.45, 7) is 2.47. The number of piperidine rings is 1. The molecule has 2 unspecified atom stereocenters. The number of rotatable bonds is 4. The van der Waals surface area contributed by atoms with E-state index in [0.29, 0.717) is 6.04 Å². The number of hydrogen-bond donors (Lipinski definition) is 1. The van der Waals surface area contributed by atoms with Gasteiger partial charge in [-0.15, -0.1) is 24.8 Å². The summed E-state index contributed by atoms with van der Waals surface area (Å²) in [5.41, 5.74) is 2.78. The molecule has 24 heavy (non-hydrogen) atoms. The van der Waals surface area contributed by atoms with Crippen molar-refractivity contribution in [3.8, 4) is 0 Å². The largest absolute Gasteiger partial charge is 0.382 e. The summed E-state index contributed by atoms with van der Waals surface area (Å²) in [7, 11) is 0. The standard InChI is InChI=1S/C20H24N2.2ClH/c1-3-7-16(8-4-1)19-15-20(19)22-13-11-18(12-14-22)21-17-9-5-2-6-10-17;;/h1-10,18-21H,11-15H2;2*1H. The molecule has 4 rings (SSSR count). The average molecular weight is 365 g/mol. The maximum Gasteiger partial charge on any atom is 0.0342 e. The number of halogens is 2. The Hall–Kier alpha value is -1.22. The number of benzene rings is 2. The average Bonchev–Trinajstić information content (AvgIpc) is 3.38. The van der Waals surface area contributed by atoms with Gasteiger partial charge in [-0.05, 0) is 37.0 Å². The summed E-state index contributed by atoms with van der Waals surface area (Å²) < 4.78 is 0. The molecular formula is C20H26Cl2N2. The first-order valence-corrected chi connectivity index (χ1v) is 8.51. The minimum absolute atomic E-state index is 0. The van der Waals surface area contributed by atoms with Gasteiger partial charge in [-0.1, -0.05) is 48.5 Å². The Morgan fingerprint density at radius 2 is 1.38 bits per heavy atom. The van der Waals surface area contributed by atoms with Crippen molar-refractivity contribution in [3.63, 3.8) is 0 Å². The van der Waals surface area contributed by atoms with Gasteiger partial charge in [0.25, 0.3) is 0 Å². The Balaban J connectivity index is 0.00000104. The van der Waals surface area contributed by atoms with Gasteiger partial charge in [0.15, 0.2) is 0 Å². The lowest BCUT2D eigenvalue weighted by Gasteiger charge is -2.33. The first kappa shape index (κ1) is 19.1. The highest BCUT2D eigenvalue weighted by Gasteiger charge is 2.43. The van der Waals surface area contributed by atoms with Crippen LogP contribution in [-0.4, -0.2) is 30.1 Å². The Morgan fingerprint density at radius 1 is 0.792 bits per heavy atom. The predicted molar refractivity (Wildman–Crippen MR) is 107 cm³/mol. The molecule has 1 saturated heterocycles. The predicted octanol–water partition coefficient (Wildman–Crippen LogP) is 4.96. The van der Waals surface area contributed by atoms with Crippen molar-refractivity contribution in [2.24, 2.45) is 0 Å². The van der Waals surface area contributed by atoms with Crippen molar-refractivity contribution >= 4 is 30.5 Å². The van der Waals surface area contributed by atoms with Crippen molar-refractivity contribution in [2.75, 3.05) is 18.4 Å². The van der Waals surface area contributed by atoms with E-state index in [0.717, 1.165) is 12.0 Å². The highest BCUT2D eigenvalue weighted by Crippen LogP contribution is 2.45. The van der Waals surface area contributed by atoms with Gasteiger partial charge in [0.2, 0.25) is 0 Å². The number of hydrogen-bond acceptors (Lipinski definition) is 2. The van der Waals surface area contributed by atoms with Gasteiger partial charge in [0.1, 0.15) is 0 Å². The number of likely N-dealkylation sites (tertiary alicyclic amines) is 1. The second-order valence-electron chi connectivity index (χ2n) is 6.64. The lowest BCUT2D eigenvalue weighted by Crippen LogP contribution is -2.40. The van der Waals surface area contributed by atoms with E-state index in [4.69, 9.17) is 0 Å². The molecule has 0 spiro atoms. The van der Waals surface area contributed by atoms with Gasteiger partial charge >= 0.3 is 0 Å². The highest BCUT2D eigenvalue weighted by molar-refractivity contribution is 5.85. The van der Waals surface area contributed by atoms with E-state index in [1.54, 1.807) is 0 Å². The second kappa shape index (κ2) is 8.75. The minimum Gasteiger partial charge on any atom is -0.382 e. The van der Waals surface area contributed by atoms with Crippen molar-refractivity contribution < 1.29 is 0 Å². The molecule has 0 amide bonds. The third kappa shape index (κ3) is 4.44. The molecule has 1 saturated carbocycles. The van der Waals surface area contributed by atoms with Crippen LogP contribution in [0.15, 0.2) is 60.7 Å².